The van der Waals surface area contributed by atoms with Crippen molar-refractivity contribution in [2.75, 3.05) is 19.6 Å². The van der Waals surface area contributed by atoms with E-state index in [9.17, 15) is 13.2 Å². The number of benzene rings is 2. The number of para-hydroxylation sites is 1. The van der Waals surface area contributed by atoms with Crippen molar-refractivity contribution in [3.8, 4) is 0 Å². The first-order valence-corrected chi connectivity index (χ1v) is 14.0. The normalized spacial score (nSPS) is 20.9. The van der Waals surface area contributed by atoms with Gasteiger partial charge in [0.15, 0.2) is 0 Å². The standard InChI is InChI=1S/C25H29N3O3S2/c1-18-7-4-5-14-28(18)33(30,31)21-9-6-8-20(17-21)25(29)27-15-12-19(13-16-27)24-26-22-10-2-3-11-23(22)32-24/h2-3,6,8-11,17-19H,4-5,7,12-16H2,1H3. The van der Waals surface area contributed by atoms with Crippen molar-refractivity contribution in [3.05, 3.63) is 59.1 Å². The molecule has 2 aromatic carbocycles. The van der Waals surface area contributed by atoms with Crippen LogP contribution in [-0.4, -0.2) is 54.2 Å². The number of carbonyl (C=O) groups is 1. The van der Waals surface area contributed by atoms with Gasteiger partial charge < -0.3 is 4.90 Å². The van der Waals surface area contributed by atoms with Gasteiger partial charge in [0.05, 0.1) is 20.1 Å². The smallest absolute Gasteiger partial charge is 0.253 e. The van der Waals surface area contributed by atoms with E-state index in [4.69, 9.17) is 4.98 Å². The molecule has 0 bridgehead atoms. The lowest BCUT2D eigenvalue weighted by molar-refractivity contribution is 0.0712. The minimum atomic E-state index is -3.60. The van der Waals surface area contributed by atoms with Gasteiger partial charge in [0.25, 0.3) is 5.91 Å². The van der Waals surface area contributed by atoms with E-state index in [0.29, 0.717) is 31.1 Å². The van der Waals surface area contributed by atoms with Crippen molar-refractivity contribution in [1.29, 1.82) is 0 Å². The van der Waals surface area contributed by atoms with Crippen LogP contribution in [0.2, 0.25) is 0 Å². The summed E-state index contributed by atoms with van der Waals surface area (Å²) in [5, 5.41) is 1.15. The second-order valence-electron chi connectivity index (χ2n) is 9.07. The van der Waals surface area contributed by atoms with Gasteiger partial charge in [-0.25, -0.2) is 13.4 Å². The van der Waals surface area contributed by atoms with Crippen molar-refractivity contribution >= 4 is 37.5 Å². The number of amides is 1. The van der Waals surface area contributed by atoms with Crippen LogP contribution < -0.4 is 0 Å². The van der Waals surface area contributed by atoms with Crippen LogP contribution in [0.1, 0.15) is 60.3 Å². The molecule has 2 saturated heterocycles. The van der Waals surface area contributed by atoms with Crippen molar-refractivity contribution < 1.29 is 13.2 Å². The van der Waals surface area contributed by atoms with Gasteiger partial charge >= 0.3 is 0 Å². The molecule has 2 fully saturated rings. The highest BCUT2D eigenvalue weighted by Gasteiger charge is 2.32. The van der Waals surface area contributed by atoms with Crippen LogP contribution in [0.5, 0.6) is 0 Å². The van der Waals surface area contributed by atoms with E-state index < -0.39 is 10.0 Å². The summed E-state index contributed by atoms with van der Waals surface area (Å²) in [6.07, 6.45) is 4.55. The molecule has 0 N–H and O–H groups in total. The Morgan fingerprint density at radius 3 is 2.55 bits per heavy atom. The van der Waals surface area contributed by atoms with Gasteiger partial charge in [0, 0.05) is 37.2 Å². The molecule has 8 heteroatoms. The fourth-order valence-electron chi connectivity index (χ4n) is 4.93. The van der Waals surface area contributed by atoms with E-state index in [-0.39, 0.29) is 16.8 Å². The van der Waals surface area contributed by atoms with E-state index in [1.807, 2.05) is 30.0 Å². The van der Waals surface area contributed by atoms with E-state index >= 15 is 0 Å². The number of thiazole rings is 1. The monoisotopic (exact) mass is 483 g/mol. The van der Waals surface area contributed by atoms with E-state index in [0.717, 1.165) is 42.6 Å². The number of likely N-dealkylation sites (tertiary alicyclic amines) is 1. The third-order valence-corrected chi connectivity index (χ3v) is 10.1. The predicted molar refractivity (Wildman–Crippen MR) is 131 cm³/mol. The van der Waals surface area contributed by atoms with Gasteiger partial charge in [-0.05, 0) is 62.9 Å². The van der Waals surface area contributed by atoms with Gasteiger partial charge in [-0.1, -0.05) is 24.6 Å². The quantitative estimate of drug-likeness (QED) is 0.530. The molecule has 0 radical (unpaired) electrons. The Hall–Kier alpha value is -2.29. The maximum Gasteiger partial charge on any atom is 0.253 e. The van der Waals surface area contributed by atoms with Gasteiger partial charge in [-0.3, -0.25) is 4.79 Å². The zero-order chi connectivity index (χ0) is 23.0. The van der Waals surface area contributed by atoms with Crippen LogP contribution in [0.15, 0.2) is 53.4 Å². The second-order valence-corrected chi connectivity index (χ2v) is 12.0. The number of fused-ring (bicyclic) bond motifs is 1. The molecule has 2 aliphatic rings. The van der Waals surface area contributed by atoms with Gasteiger partial charge in [0.1, 0.15) is 0 Å². The predicted octanol–water partition coefficient (Wildman–Crippen LogP) is 4.88. The molecule has 0 spiro atoms. The lowest BCUT2D eigenvalue weighted by Crippen LogP contribution is -2.42. The Balaban J connectivity index is 1.28. The molecule has 0 aliphatic carbocycles. The van der Waals surface area contributed by atoms with E-state index in [2.05, 4.69) is 6.07 Å². The summed E-state index contributed by atoms with van der Waals surface area (Å²) in [5.74, 6) is 0.264. The minimum absolute atomic E-state index is 0.00959. The summed E-state index contributed by atoms with van der Waals surface area (Å²) in [6.45, 7) is 3.81. The van der Waals surface area contributed by atoms with Crippen LogP contribution in [0.3, 0.4) is 0 Å². The molecule has 2 aliphatic heterocycles. The average molecular weight is 484 g/mol. The van der Waals surface area contributed by atoms with Crippen molar-refractivity contribution in [2.45, 2.75) is 55.9 Å². The van der Waals surface area contributed by atoms with Gasteiger partial charge in [-0.15, -0.1) is 11.3 Å². The van der Waals surface area contributed by atoms with E-state index in [1.165, 1.54) is 4.70 Å². The lowest BCUT2D eigenvalue weighted by Gasteiger charge is -2.33. The highest BCUT2D eigenvalue weighted by molar-refractivity contribution is 7.89. The fourth-order valence-corrected chi connectivity index (χ4v) is 7.81. The number of rotatable bonds is 4. The Labute approximate surface area is 199 Å². The Bertz CT molecular complexity index is 1230. The fraction of sp³-hybridized carbons (Fsp3) is 0.440. The third-order valence-electron chi connectivity index (χ3n) is 6.87. The third kappa shape index (κ3) is 4.44. The van der Waals surface area contributed by atoms with Crippen molar-refractivity contribution in [2.24, 2.45) is 0 Å². The molecule has 3 aromatic rings. The number of aromatic nitrogens is 1. The van der Waals surface area contributed by atoms with Crippen LogP contribution in [0.4, 0.5) is 0 Å². The number of carbonyl (C=O) groups excluding carboxylic acids is 1. The summed E-state index contributed by atoms with van der Waals surface area (Å²) in [5.41, 5.74) is 1.48. The number of sulfonamides is 1. The molecule has 33 heavy (non-hydrogen) atoms. The van der Waals surface area contributed by atoms with Crippen molar-refractivity contribution in [1.82, 2.24) is 14.2 Å². The lowest BCUT2D eigenvalue weighted by atomic mass is 9.97. The minimum Gasteiger partial charge on any atom is -0.339 e. The van der Waals surface area contributed by atoms with Crippen LogP contribution in [-0.2, 0) is 10.0 Å². The summed E-state index contributed by atoms with van der Waals surface area (Å²) < 4.78 is 29.2. The summed E-state index contributed by atoms with van der Waals surface area (Å²) in [7, 11) is -3.60. The van der Waals surface area contributed by atoms with Crippen molar-refractivity contribution in [3.63, 3.8) is 0 Å². The molecule has 6 nitrogen and oxygen atoms in total. The largest absolute Gasteiger partial charge is 0.339 e. The molecule has 1 amide bonds. The van der Waals surface area contributed by atoms with Gasteiger partial charge in [-0.2, -0.15) is 4.31 Å². The molecule has 5 rings (SSSR count). The first-order valence-electron chi connectivity index (χ1n) is 11.7. The molecule has 3 heterocycles. The van der Waals surface area contributed by atoms with E-state index in [1.54, 1.807) is 39.9 Å². The maximum atomic E-state index is 13.2. The molecule has 1 atom stereocenters. The topological polar surface area (TPSA) is 70.6 Å². The molecule has 1 unspecified atom stereocenters. The zero-order valence-electron chi connectivity index (χ0n) is 18.8. The number of hydrogen-bond acceptors (Lipinski definition) is 5. The zero-order valence-corrected chi connectivity index (χ0v) is 20.4. The average Bonchev–Trinajstić information content (AvgIpc) is 3.28. The molecule has 174 valence electrons. The van der Waals surface area contributed by atoms with Crippen LogP contribution in [0, 0.1) is 0 Å². The highest BCUT2D eigenvalue weighted by Crippen LogP contribution is 2.34. The number of nitrogens with zero attached hydrogens (tertiary/aromatic N) is 3. The second kappa shape index (κ2) is 9.16. The first kappa shape index (κ1) is 22.5. The highest BCUT2D eigenvalue weighted by atomic mass is 32.2. The Morgan fingerprint density at radius 1 is 1.00 bits per heavy atom. The van der Waals surface area contributed by atoms with Gasteiger partial charge in [0.2, 0.25) is 10.0 Å². The van der Waals surface area contributed by atoms with Crippen LogP contribution >= 0.6 is 11.3 Å². The number of hydrogen-bond donors (Lipinski definition) is 0. The summed E-state index contributed by atoms with van der Waals surface area (Å²) in [4.78, 5) is 20.1. The Morgan fingerprint density at radius 2 is 1.79 bits per heavy atom. The molecular formula is C25H29N3O3S2. The molecular weight excluding hydrogens is 454 g/mol. The molecule has 1 aromatic heterocycles. The maximum absolute atomic E-state index is 13.2. The molecule has 0 saturated carbocycles. The number of piperidine rings is 2. The SMILES string of the molecule is CC1CCCCN1S(=O)(=O)c1cccc(C(=O)N2CCC(c3nc4ccccc4s3)CC2)c1. The van der Waals surface area contributed by atoms with Crippen LogP contribution in [0.25, 0.3) is 10.2 Å². The first-order chi connectivity index (χ1) is 15.9. The Kier molecular flexibility index (Phi) is 6.24. The summed E-state index contributed by atoms with van der Waals surface area (Å²) in [6, 6.07) is 14.7. The summed E-state index contributed by atoms with van der Waals surface area (Å²) >= 11 is 1.74.